The first-order valence-corrected chi connectivity index (χ1v) is 10.1. The van der Waals surface area contributed by atoms with Gasteiger partial charge in [0, 0.05) is 23.8 Å². The zero-order valence-corrected chi connectivity index (χ0v) is 18.0. The molecule has 1 fully saturated rings. The molecule has 7 heteroatoms. The van der Waals surface area contributed by atoms with E-state index in [1.54, 1.807) is 0 Å². The number of rotatable bonds is 7. The van der Waals surface area contributed by atoms with Crippen LogP contribution in [0.3, 0.4) is 0 Å². The number of nitrogens with one attached hydrogen (secondary N) is 2. The molecule has 0 unspecified atom stereocenters. The van der Waals surface area contributed by atoms with Crippen LogP contribution >= 0.6 is 0 Å². The highest BCUT2D eigenvalue weighted by atomic mass is 16.2. The Morgan fingerprint density at radius 3 is 2.55 bits per heavy atom. The van der Waals surface area contributed by atoms with Crippen LogP contribution in [-0.4, -0.2) is 47.1 Å². The molecule has 0 bridgehead atoms. The van der Waals surface area contributed by atoms with Crippen molar-refractivity contribution in [3.8, 4) is 0 Å². The van der Waals surface area contributed by atoms with Gasteiger partial charge >= 0.3 is 0 Å². The van der Waals surface area contributed by atoms with Gasteiger partial charge in [-0.15, -0.1) is 0 Å². The van der Waals surface area contributed by atoms with E-state index in [2.05, 4.69) is 36.5 Å². The van der Waals surface area contributed by atoms with E-state index >= 15 is 0 Å². The predicted molar refractivity (Wildman–Crippen MR) is 114 cm³/mol. The molecule has 156 valence electrons. The van der Waals surface area contributed by atoms with Gasteiger partial charge in [-0.1, -0.05) is 12.1 Å². The normalized spacial score (nSPS) is 14.1. The van der Waals surface area contributed by atoms with Crippen LogP contribution in [0.4, 0.5) is 5.69 Å². The maximum absolute atomic E-state index is 12.7. The molecule has 1 aliphatic rings. The molecule has 2 amide bonds. The number of likely N-dealkylation sites (N-methyl/N-ethyl adjacent to an activating group) is 1. The van der Waals surface area contributed by atoms with E-state index in [0.29, 0.717) is 24.7 Å². The van der Waals surface area contributed by atoms with Gasteiger partial charge < -0.3 is 15.5 Å². The summed E-state index contributed by atoms with van der Waals surface area (Å²) >= 11 is 0. The maximum Gasteiger partial charge on any atom is 0.272 e. The number of nitrogens with zero attached hydrogens (tertiary/aromatic N) is 3. The molecule has 0 atom stereocenters. The molecule has 1 aliphatic carbocycles. The first-order chi connectivity index (χ1) is 13.6. The van der Waals surface area contributed by atoms with E-state index in [1.807, 2.05) is 54.0 Å². The number of amides is 2. The van der Waals surface area contributed by atoms with Gasteiger partial charge in [0.25, 0.3) is 5.91 Å². The third-order valence-electron chi connectivity index (χ3n) is 4.72. The standard InChI is InChI=1S/C22H31N5O2/c1-22(2,3)27-19(16-9-10-16)12-18(25-27)21(29)23-13-15-7-6-8-17(11-15)24-20(28)14-26(4)5/h6-8,11-12,16H,9-10,13-14H2,1-5H3,(H,23,29)(H,24,28). The van der Waals surface area contributed by atoms with Crippen LogP contribution in [0.15, 0.2) is 30.3 Å². The monoisotopic (exact) mass is 397 g/mol. The molecule has 7 nitrogen and oxygen atoms in total. The summed E-state index contributed by atoms with van der Waals surface area (Å²) in [5.74, 6) is 0.263. The maximum atomic E-state index is 12.7. The van der Waals surface area contributed by atoms with Gasteiger partial charge in [-0.3, -0.25) is 14.3 Å². The minimum atomic E-state index is -0.183. The topological polar surface area (TPSA) is 79.3 Å². The van der Waals surface area contributed by atoms with Crippen molar-refractivity contribution in [2.45, 2.75) is 51.6 Å². The Hall–Kier alpha value is -2.67. The lowest BCUT2D eigenvalue weighted by Gasteiger charge is -2.22. The minimum absolute atomic E-state index is 0.0727. The molecule has 0 aliphatic heterocycles. The molecule has 1 aromatic heterocycles. The van der Waals surface area contributed by atoms with Crippen molar-refractivity contribution in [3.05, 3.63) is 47.3 Å². The van der Waals surface area contributed by atoms with Crippen LogP contribution < -0.4 is 10.6 Å². The lowest BCUT2D eigenvalue weighted by molar-refractivity contribution is -0.116. The molecule has 0 saturated heterocycles. The van der Waals surface area contributed by atoms with Gasteiger partial charge in [-0.2, -0.15) is 5.10 Å². The SMILES string of the molecule is CN(C)CC(=O)Nc1cccc(CNC(=O)c2cc(C3CC3)n(C(C)(C)C)n2)c1. The average Bonchev–Trinajstić information content (AvgIpc) is 3.36. The van der Waals surface area contributed by atoms with E-state index in [-0.39, 0.29) is 17.4 Å². The Morgan fingerprint density at radius 1 is 1.21 bits per heavy atom. The van der Waals surface area contributed by atoms with Crippen LogP contribution in [-0.2, 0) is 16.9 Å². The summed E-state index contributed by atoms with van der Waals surface area (Å²) < 4.78 is 1.99. The number of carbonyl (C=O) groups excluding carboxylic acids is 2. The Labute approximate surface area is 172 Å². The summed E-state index contributed by atoms with van der Waals surface area (Å²) in [6.45, 7) is 7.00. The van der Waals surface area contributed by atoms with Gasteiger partial charge in [-0.05, 0) is 71.5 Å². The highest BCUT2D eigenvalue weighted by molar-refractivity contribution is 5.93. The van der Waals surface area contributed by atoms with Crippen molar-refractivity contribution in [3.63, 3.8) is 0 Å². The van der Waals surface area contributed by atoms with Crippen molar-refractivity contribution >= 4 is 17.5 Å². The van der Waals surface area contributed by atoms with Gasteiger partial charge in [0.2, 0.25) is 5.91 Å². The molecule has 1 heterocycles. The zero-order valence-electron chi connectivity index (χ0n) is 18.0. The summed E-state index contributed by atoms with van der Waals surface area (Å²) in [6.07, 6.45) is 2.32. The molecule has 1 saturated carbocycles. The van der Waals surface area contributed by atoms with Crippen molar-refractivity contribution in [1.82, 2.24) is 20.0 Å². The quantitative estimate of drug-likeness (QED) is 0.753. The smallest absolute Gasteiger partial charge is 0.272 e. The summed E-state index contributed by atoms with van der Waals surface area (Å²) in [6, 6.07) is 9.43. The second-order valence-corrected chi connectivity index (χ2v) is 8.98. The van der Waals surface area contributed by atoms with Gasteiger partial charge in [0.1, 0.15) is 5.69 Å². The predicted octanol–water partition coefficient (Wildman–Crippen LogP) is 2.95. The fraction of sp³-hybridized carbons (Fsp3) is 0.500. The van der Waals surface area contributed by atoms with Gasteiger partial charge in [-0.25, -0.2) is 0 Å². The fourth-order valence-electron chi connectivity index (χ4n) is 3.23. The number of benzene rings is 1. The Kier molecular flexibility index (Phi) is 6.07. The van der Waals surface area contributed by atoms with Crippen molar-refractivity contribution in [2.24, 2.45) is 0 Å². The Bertz CT molecular complexity index is 891. The van der Waals surface area contributed by atoms with Crippen molar-refractivity contribution in [2.75, 3.05) is 26.0 Å². The molecule has 0 spiro atoms. The molecular weight excluding hydrogens is 366 g/mol. The summed E-state index contributed by atoms with van der Waals surface area (Å²) in [5, 5.41) is 10.4. The lowest BCUT2D eigenvalue weighted by atomic mass is 10.1. The van der Waals surface area contributed by atoms with Crippen LogP contribution in [0.5, 0.6) is 0 Å². The first kappa shape index (κ1) is 21.0. The number of aromatic nitrogens is 2. The van der Waals surface area contributed by atoms with E-state index < -0.39 is 0 Å². The van der Waals surface area contributed by atoms with E-state index in [0.717, 1.165) is 29.8 Å². The van der Waals surface area contributed by atoms with E-state index in [9.17, 15) is 9.59 Å². The van der Waals surface area contributed by atoms with Crippen LogP contribution in [0.2, 0.25) is 0 Å². The molecule has 1 aromatic carbocycles. The second-order valence-electron chi connectivity index (χ2n) is 8.98. The summed E-state index contributed by atoms with van der Waals surface area (Å²) in [4.78, 5) is 26.4. The van der Waals surface area contributed by atoms with E-state index in [4.69, 9.17) is 0 Å². The number of hydrogen-bond acceptors (Lipinski definition) is 4. The lowest BCUT2D eigenvalue weighted by Crippen LogP contribution is -2.27. The fourth-order valence-corrected chi connectivity index (χ4v) is 3.23. The van der Waals surface area contributed by atoms with E-state index in [1.165, 1.54) is 0 Å². The van der Waals surface area contributed by atoms with Gasteiger partial charge in [0.15, 0.2) is 0 Å². The number of hydrogen-bond donors (Lipinski definition) is 2. The molecule has 0 radical (unpaired) electrons. The van der Waals surface area contributed by atoms with Gasteiger partial charge in [0.05, 0.1) is 12.1 Å². The van der Waals surface area contributed by atoms with Crippen molar-refractivity contribution < 1.29 is 9.59 Å². The summed E-state index contributed by atoms with van der Waals surface area (Å²) in [5.41, 5.74) is 3.08. The molecule has 2 aromatic rings. The third-order valence-corrected chi connectivity index (χ3v) is 4.72. The Balaban J connectivity index is 1.64. The molecule has 29 heavy (non-hydrogen) atoms. The second kappa shape index (κ2) is 8.37. The Morgan fingerprint density at radius 2 is 1.93 bits per heavy atom. The third kappa shape index (κ3) is 5.67. The van der Waals surface area contributed by atoms with Crippen LogP contribution in [0.1, 0.15) is 61.3 Å². The zero-order chi connectivity index (χ0) is 21.2. The highest BCUT2D eigenvalue weighted by Crippen LogP contribution is 2.41. The minimum Gasteiger partial charge on any atom is -0.347 e. The number of carbonyl (C=O) groups is 2. The molecule has 3 rings (SSSR count). The highest BCUT2D eigenvalue weighted by Gasteiger charge is 2.32. The van der Waals surface area contributed by atoms with Crippen LogP contribution in [0.25, 0.3) is 0 Å². The average molecular weight is 398 g/mol. The molecular formula is C22H31N5O2. The van der Waals surface area contributed by atoms with Crippen LogP contribution in [0, 0.1) is 0 Å². The van der Waals surface area contributed by atoms with Crippen molar-refractivity contribution in [1.29, 1.82) is 0 Å². The first-order valence-electron chi connectivity index (χ1n) is 10.1. The molecule has 2 N–H and O–H groups in total. The number of anilines is 1. The summed E-state index contributed by atoms with van der Waals surface area (Å²) in [7, 11) is 3.70. The largest absolute Gasteiger partial charge is 0.347 e.